The third kappa shape index (κ3) is 8.69. The van der Waals surface area contributed by atoms with Gasteiger partial charge in [-0.3, -0.25) is 15.0 Å². The number of nitrogens with zero attached hydrogens (tertiary/aromatic N) is 1. The Labute approximate surface area is 87.0 Å². The second kappa shape index (κ2) is 6.77. The number of carbonyl (C=O) groups excluding carboxylic acids is 2. The fourth-order valence-electron chi connectivity index (χ4n) is 0.735. The van der Waals surface area contributed by atoms with Crippen molar-refractivity contribution in [2.24, 2.45) is 0 Å². The van der Waals surface area contributed by atoms with Crippen molar-refractivity contribution in [2.75, 3.05) is 20.7 Å². The normalized spacial score (nSPS) is 9.80. The Balaban J connectivity index is 3.62. The number of ether oxygens (including phenoxy) is 1. The predicted molar refractivity (Wildman–Crippen MR) is 49.7 cm³/mol. The zero-order chi connectivity index (χ0) is 11.8. The average molecular weight is 218 g/mol. The van der Waals surface area contributed by atoms with Crippen molar-refractivity contribution >= 4 is 17.8 Å². The minimum Gasteiger partial charge on any atom is -0.479 e. The summed E-state index contributed by atoms with van der Waals surface area (Å²) in [5, 5.41) is 9.64. The summed E-state index contributed by atoms with van der Waals surface area (Å²) in [4.78, 5) is 31.9. The number of esters is 1. The molecule has 7 heteroatoms. The number of carbonyl (C=O) groups is 3. The number of nitrogens with one attached hydrogen (secondary N) is 1. The molecule has 2 N–H and O–H groups in total. The van der Waals surface area contributed by atoms with Gasteiger partial charge in [-0.1, -0.05) is 0 Å². The monoisotopic (exact) mass is 218 g/mol. The molecule has 0 spiro atoms. The van der Waals surface area contributed by atoms with Gasteiger partial charge in [0.1, 0.15) is 0 Å². The van der Waals surface area contributed by atoms with Gasteiger partial charge in [-0.25, -0.2) is 9.80 Å². The van der Waals surface area contributed by atoms with Gasteiger partial charge in [-0.15, -0.1) is 0 Å². The number of carboxylic acids is 1. The highest BCUT2D eigenvalue weighted by Gasteiger charge is 2.09. The molecule has 0 unspecified atom stereocenters. The second-order valence-electron chi connectivity index (χ2n) is 2.98. The highest BCUT2D eigenvalue weighted by Crippen LogP contribution is 1.93. The molecule has 0 fully saturated rings. The van der Waals surface area contributed by atoms with E-state index in [4.69, 9.17) is 5.11 Å². The lowest BCUT2D eigenvalue weighted by Crippen LogP contribution is -2.36. The number of hydrogen-bond acceptors (Lipinski definition) is 5. The first-order chi connectivity index (χ1) is 6.91. The lowest BCUT2D eigenvalue weighted by atomic mass is 10.3. The van der Waals surface area contributed by atoms with Crippen LogP contribution in [0.15, 0.2) is 0 Å². The Hall–Kier alpha value is -1.63. The Kier molecular flexibility index (Phi) is 6.03. The number of amides is 1. The molecule has 0 aliphatic rings. The largest absolute Gasteiger partial charge is 0.479 e. The molecule has 0 aromatic carbocycles. The molecule has 0 aliphatic heterocycles. The Morgan fingerprint density at radius 3 is 2.33 bits per heavy atom. The number of carboxylic acid groups (broad SMARTS) is 1. The first-order valence-corrected chi connectivity index (χ1v) is 4.26. The highest BCUT2D eigenvalue weighted by molar-refractivity contribution is 5.81. The minimum atomic E-state index is -1.22. The molecule has 0 saturated heterocycles. The zero-order valence-electron chi connectivity index (χ0n) is 8.65. The molecule has 0 atom stereocenters. The van der Waals surface area contributed by atoms with Gasteiger partial charge in [0.15, 0.2) is 6.61 Å². The van der Waals surface area contributed by atoms with Gasteiger partial charge < -0.3 is 9.84 Å². The van der Waals surface area contributed by atoms with Crippen molar-refractivity contribution in [3.8, 4) is 0 Å². The standard InChI is InChI=1S/C8H14N2O5/c1-10(2)9-6(11)3-4-8(14)15-5-7(12)13/h3-5H2,1-2H3,(H,9,11)(H,12,13). The summed E-state index contributed by atoms with van der Waals surface area (Å²) >= 11 is 0. The van der Waals surface area contributed by atoms with Crippen LogP contribution in [0.2, 0.25) is 0 Å². The molecule has 0 aliphatic carbocycles. The van der Waals surface area contributed by atoms with Crippen LogP contribution in [0.3, 0.4) is 0 Å². The van der Waals surface area contributed by atoms with Crippen LogP contribution in [0, 0.1) is 0 Å². The van der Waals surface area contributed by atoms with Gasteiger partial charge in [-0.2, -0.15) is 0 Å². The van der Waals surface area contributed by atoms with Crippen LogP contribution >= 0.6 is 0 Å². The van der Waals surface area contributed by atoms with E-state index in [1.165, 1.54) is 5.01 Å². The number of rotatable bonds is 6. The first-order valence-electron chi connectivity index (χ1n) is 4.26. The van der Waals surface area contributed by atoms with Crippen LogP contribution in [0.5, 0.6) is 0 Å². The summed E-state index contributed by atoms with van der Waals surface area (Å²) in [5.41, 5.74) is 2.43. The van der Waals surface area contributed by atoms with Gasteiger partial charge >= 0.3 is 11.9 Å². The van der Waals surface area contributed by atoms with Gasteiger partial charge in [0.05, 0.1) is 6.42 Å². The van der Waals surface area contributed by atoms with Crippen LogP contribution in [-0.4, -0.2) is 48.7 Å². The Morgan fingerprint density at radius 1 is 1.27 bits per heavy atom. The summed E-state index contributed by atoms with van der Waals surface area (Å²) in [5.74, 6) is -2.25. The minimum absolute atomic E-state index is 0.0311. The Bertz CT molecular complexity index is 251. The molecule has 0 aromatic heterocycles. The van der Waals surface area contributed by atoms with Crippen LogP contribution in [0.25, 0.3) is 0 Å². The molecule has 1 amide bonds. The molecular weight excluding hydrogens is 204 g/mol. The van der Waals surface area contributed by atoms with E-state index in [1.54, 1.807) is 14.1 Å². The molecule has 0 radical (unpaired) electrons. The zero-order valence-corrected chi connectivity index (χ0v) is 8.65. The first kappa shape index (κ1) is 13.4. The van der Waals surface area contributed by atoms with E-state index in [9.17, 15) is 14.4 Å². The maximum atomic E-state index is 11.0. The van der Waals surface area contributed by atoms with Crippen molar-refractivity contribution < 1.29 is 24.2 Å². The lowest BCUT2D eigenvalue weighted by molar-refractivity contribution is -0.155. The fourth-order valence-corrected chi connectivity index (χ4v) is 0.735. The topological polar surface area (TPSA) is 95.9 Å². The summed E-state index contributed by atoms with van der Waals surface area (Å²) < 4.78 is 4.33. The Morgan fingerprint density at radius 2 is 1.87 bits per heavy atom. The van der Waals surface area contributed by atoms with Crippen molar-refractivity contribution in [3.05, 3.63) is 0 Å². The maximum absolute atomic E-state index is 11.0. The van der Waals surface area contributed by atoms with Crippen molar-refractivity contribution in [1.29, 1.82) is 0 Å². The third-order valence-corrected chi connectivity index (χ3v) is 1.26. The van der Waals surface area contributed by atoms with Gasteiger partial charge in [-0.05, 0) is 0 Å². The predicted octanol–water partition coefficient (Wildman–Crippen LogP) is -1.01. The number of hydrogen-bond donors (Lipinski definition) is 2. The van der Waals surface area contributed by atoms with E-state index in [0.717, 1.165) is 0 Å². The molecule has 0 rings (SSSR count). The summed E-state index contributed by atoms with van der Waals surface area (Å²) in [6.45, 7) is -0.672. The fraction of sp³-hybridized carbons (Fsp3) is 0.625. The molecule has 7 nitrogen and oxygen atoms in total. The maximum Gasteiger partial charge on any atom is 0.341 e. The van der Waals surface area contributed by atoms with Crippen LogP contribution < -0.4 is 5.43 Å². The van der Waals surface area contributed by atoms with Crippen molar-refractivity contribution in [1.82, 2.24) is 10.4 Å². The second-order valence-corrected chi connectivity index (χ2v) is 2.98. The quantitative estimate of drug-likeness (QED) is 0.438. The molecule has 86 valence electrons. The average Bonchev–Trinajstić information content (AvgIpc) is 2.10. The summed E-state index contributed by atoms with van der Waals surface area (Å²) in [7, 11) is 3.28. The molecule has 15 heavy (non-hydrogen) atoms. The van der Waals surface area contributed by atoms with Crippen molar-refractivity contribution in [2.45, 2.75) is 12.8 Å². The van der Waals surface area contributed by atoms with E-state index in [2.05, 4.69) is 10.2 Å². The number of hydrazine groups is 1. The molecule has 0 heterocycles. The van der Waals surface area contributed by atoms with Crippen LogP contribution in [0.4, 0.5) is 0 Å². The van der Waals surface area contributed by atoms with E-state index >= 15 is 0 Å². The molecule has 0 aromatic rings. The molecule has 0 saturated carbocycles. The van der Waals surface area contributed by atoms with Crippen LogP contribution in [0.1, 0.15) is 12.8 Å². The van der Waals surface area contributed by atoms with E-state index in [1.807, 2.05) is 0 Å². The lowest BCUT2D eigenvalue weighted by Gasteiger charge is -2.10. The van der Waals surface area contributed by atoms with E-state index < -0.39 is 18.5 Å². The molecular formula is C8H14N2O5. The van der Waals surface area contributed by atoms with Gasteiger partial charge in [0.25, 0.3) is 0 Å². The molecule has 0 bridgehead atoms. The summed E-state index contributed by atoms with van der Waals surface area (Å²) in [6.07, 6.45) is -0.163. The SMILES string of the molecule is CN(C)NC(=O)CCC(=O)OCC(=O)O. The van der Waals surface area contributed by atoms with Crippen LogP contribution in [-0.2, 0) is 19.1 Å². The number of aliphatic carboxylic acids is 1. The smallest absolute Gasteiger partial charge is 0.341 e. The third-order valence-electron chi connectivity index (χ3n) is 1.26. The van der Waals surface area contributed by atoms with E-state index in [0.29, 0.717) is 0 Å². The van der Waals surface area contributed by atoms with Crippen molar-refractivity contribution in [3.63, 3.8) is 0 Å². The summed E-state index contributed by atoms with van der Waals surface area (Å²) in [6, 6.07) is 0. The highest BCUT2D eigenvalue weighted by atomic mass is 16.5. The van der Waals surface area contributed by atoms with Gasteiger partial charge in [0, 0.05) is 20.5 Å². The van der Waals surface area contributed by atoms with E-state index in [-0.39, 0.29) is 18.7 Å². The van der Waals surface area contributed by atoms with Gasteiger partial charge in [0.2, 0.25) is 5.91 Å².